The highest BCUT2D eigenvalue weighted by atomic mass is 32.1. The second kappa shape index (κ2) is 21.6. The SMILES string of the molecule is Cc1ncsc1-c1ccc(CNC(=O)[C@@H]2C[C@@H](O)CN2C(=O)[C@@H](NC(=O)COCCOCC(=O)NCCC(=O)Nc2cc3cc(-c4cncc(N)c4C)c(F)c(N)c3cn2)C(C)(C)C)cc1. The van der Waals surface area contributed by atoms with E-state index in [-0.39, 0.29) is 69.4 Å². The van der Waals surface area contributed by atoms with Crippen LogP contribution in [0.5, 0.6) is 0 Å². The van der Waals surface area contributed by atoms with Gasteiger partial charge >= 0.3 is 0 Å². The van der Waals surface area contributed by atoms with Crippen LogP contribution >= 0.6 is 11.3 Å². The Kier molecular flexibility index (Phi) is 16.0. The van der Waals surface area contributed by atoms with Crippen LogP contribution in [0.25, 0.3) is 32.3 Å². The number of nitrogens with two attached hydrogens (primary N) is 2. The van der Waals surface area contributed by atoms with Gasteiger partial charge in [-0.05, 0) is 53.5 Å². The summed E-state index contributed by atoms with van der Waals surface area (Å²) in [6, 6.07) is 8.94. The van der Waals surface area contributed by atoms with Gasteiger partial charge in [0.25, 0.3) is 0 Å². The molecule has 1 aliphatic rings. The minimum Gasteiger partial charge on any atom is -0.397 e. The molecule has 66 heavy (non-hydrogen) atoms. The highest BCUT2D eigenvalue weighted by Crippen LogP contribution is 2.36. The van der Waals surface area contributed by atoms with Gasteiger partial charge in [-0.3, -0.25) is 29.0 Å². The summed E-state index contributed by atoms with van der Waals surface area (Å²) in [4.78, 5) is 80.2. The molecule has 1 aliphatic heterocycles. The van der Waals surface area contributed by atoms with Gasteiger partial charge in [0.15, 0.2) is 5.82 Å². The lowest BCUT2D eigenvalue weighted by atomic mass is 9.85. The van der Waals surface area contributed by atoms with Crippen LogP contribution in [0, 0.1) is 25.1 Å². The minimum atomic E-state index is -1.04. The maximum absolute atomic E-state index is 15.3. The number of fused-ring (bicyclic) bond motifs is 1. The van der Waals surface area contributed by atoms with E-state index in [1.165, 1.54) is 23.5 Å². The number of aromatic nitrogens is 3. The zero-order valence-corrected chi connectivity index (χ0v) is 38.2. The third-order valence-corrected chi connectivity index (χ3v) is 12.0. The van der Waals surface area contributed by atoms with Crippen LogP contribution in [0.15, 0.2) is 60.5 Å². The number of ether oxygens (including phenoxy) is 2. The first-order valence-electron chi connectivity index (χ1n) is 21.3. The maximum atomic E-state index is 15.3. The third kappa shape index (κ3) is 12.2. The Morgan fingerprint density at radius 2 is 1.65 bits per heavy atom. The van der Waals surface area contributed by atoms with Crippen LogP contribution < -0.4 is 32.7 Å². The summed E-state index contributed by atoms with van der Waals surface area (Å²) in [7, 11) is 0. The number of nitrogens with one attached hydrogen (secondary N) is 4. The molecule has 2 aromatic carbocycles. The molecule has 0 saturated carbocycles. The number of carbonyl (C=O) groups is 5. The average Bonchev–Trinajstić information content (AvgIpc) is 3.90. The minimum absolute atomic E-state index is 0.000915. The number of hydrogen-bond donors (Lipinski definition) is 7. The number of nitrogens with zero attached hydrogens (tertiary/aromatic N) is 4. The summed E-state index contributed by atoms with van der Waals surface area (Å²) >= 11 is 1.55. The van der Waals surface area contributed by atoms with Gasteiger partial charge in [0.1, 0.15) is 31.1 Å². The number of benzene rings is 2. The average molecular weight is 927 g/mol. The summed E-state index contributed by atoms with van der Waals surface area (Å²) in [5, 5.41) is 22.3. The smallest absolute Gasteiger partial charge is 0.246 e. The van der Waals surface area contributed by atoms with E-state index < -0.39 is 65.6 Å². The molecule has 20 heteroatoms. The lowest BCUT2D eigenvalue weighted by Gasteiger charge is -2.35. The zero-order chi connectivity index (χ0) is 47.7. The van der Waals surface area contributed by atoms with Crippen molar-refractivity contribution >= 4 is 68.8 Å². The van der Waals surface area contributed by atoms with E-state index in [2.05, 4.69) is 36.2 Å². The summed E-state index contributed by atoms with van der Waals surface area (Å²) in [6.07, 6.45) is 3.40. The quantitative estimate of drug-likeness (QED) is 0.0490. The second-order valence-electron chi connectivity index (χ2n) is 17.0. The highest BCUT2D eigenvalue weighted by molar-refractivity contribution is 7.13. The van der Waals surface area contributed by atoms with Crippen molar-refractivity contribution in [2.45, 2.75) is 72.2 Å². The van der Waals surface area contributed by atoms with Gasteiger partial charge in [0, 0.05) is 61.4 Å². The standard InChI is InChI=1S/C46H55FN10O8S/c1-25-32(18-50-20-34(25)48)31-14-29-15-36(52-19-33(29)41(49)40(31)47)55-37(59)10-11-51-38(60)22-64-12-13-65-23-39(61)56-43(46(3,4)5)45(63)57-21-30(58)16-35(57)44(62)53-17-27-6-8-28(9-7-27)42-26(2)54-24-66-42/h6-9,14-15,18-20,24,30,35,43,58H,10-13,16-17,21-23,48-49H2,1-5H3,(H,51,60)(H,53,62)(H,56,61)(H,52,55,59)/t30-,35+,43-/m1/s1. The molecule has 3 atom stereocenters. The molecule has 1 fully saturated rings. The predicted molar refractivity (Wildman–Crippen MR) is 248 cm³/mol. The van der Waals surface area contributed by atoms with Crippen LogP contribution in [0.3, 0.4) is 0 Å². The van der Waals surface area contributed by atoms with E-state index in [1.807, 2.05) is 31.2 Å². The lowest BCUT2D eigenvalue weighted by Crippen LogP contribution is -2.58. The molecule has 0 aliphatic carbocycles. The van der Waals surface area contributed by atoms with Crippen molar-refractivity contribution in [3.05, 3.63) is 83.1 Å². The number of halogens is 1. The van der Waals surface area contributed by atoms with Crippen LogP contribution in [-0.4, -0.2) is 112 Å². The molecule has 350 valence electrons. The summed E-state index contributed by atoms with van der Waals surface area (Å²) in [5.74, 6) is -2.85. The fourth-order valence-corrected chi connectivity index (χ4v) is 8.19. The number of likely N-dealkylation sites (tertiary alicyclic amines) is 1. The number of aliphatic hydroxyl groups excluding tert-OH is 1. The van der Waals surface area contributed by atoms with Gasteiger partial charge in [-0.1, -0.05) is 45.0 Å². The van der Waals surface area contributed by atoms with Gasteiger partial charge in [-0.25, -0.2) is 14.4 Å². The van der Waals surface area contributed by atoms with Crippen molar-refractivity contribution in [1.29, 1.82) is 0 Å². The largest absolute Gasteiger partial charge is 0.397 e. The molecule has 5 amide bonds. The molecular weight excluding hydrogens is 872 g/mol. The van der Waals surface area contributed by atoms with Crippen molar-refractivity contribution in [3.63, 3.8) is 0 Å². The molecular formula is C46H55FN10O8S. The number of β-amino-alcohol motifs (C(OH)–C–C–N with tert-alkyl or cyclic N) is 1. The van der Waals surface area contributed by atoms with Gasteiger partial charge in [-0.2, -0.15) is 0 Å². The molecule has 1 saturated heterocycles. The first kappa shape index (κ1) is 48.8. The van der Waals surface area contributed by atoms with Crippen LogP contribution in [0.1, 0.15) is 50.4 Å². The number of thiazole rings is 1. The van der Waals surface area contributed by atoms with Crippen molar-refractivity contribution in [3.8, 4) is 21.6 Å². The summed E-state index contributed by atoms with van der Waals surface area (Å²) in [5.41, 5.74) is 17.6. The Labute approximate surface area is 385 Å². The molecule has 5 aromatic rings. The molecule has 0 unspecified atom stereocenters. The normalized spacial score (nSPS) is 15.3. The number of carbonyl (C=O) groups excluding carboxylic acids is 5. The highest BCUT2D eigenvalue weighted by Gasteiger charge is 2.44. The van der Waals surface area contributed by atoms with Crippen LogP contribution in [0.4, 0.5) is 21.6 Å². The van der Waals surface area contributed by atoms with Crippen molar-refractivity contribution < 1.29 is 42.9 Å². The first-order valence-corrected chi connectivity index (χ1v) is 22.1. The van der Waals surface area contributed by atoms with Crippen molar-refractivity contribution in [2.24, 2.45) is 5.41 Å². The fraction of sp³-hybridized carbons (Fsp3) is 0.391. The number of anilines is 3. The molecule has 18 nitrogen and oxygen atoms in total. The Morgan fingerprint density at radius 3 is 2.33 bits per heavy atom. The van der Waals surface area contributed by atoms with E-state index >= 15 is 4.39 Å². The predicted octanol–water partition coefficient (Wildman–Crippen LogP) is 3.63. The van der Waals surface area contributed by atoms with Crippen LogP contribution in [-0.2, 0) is 40.0 Å². The number of amides is 5. The number of aryl methyl sites for hydroxylation is 1. The van der Waals surface area contributed by atoms with Gasteiger partial charge < -0.3 is 52.2 Å². The fourth-order valence-electron chi connectivity index (χ4n) is 7.38. The number of nitrogen functional groups attached to an aromatic ring is 2. The number of pyridine rings is 2. The summed E-state index contributed by atoms with van der Waals surface area (Å²) < 4.78 is 26.1. The Bertz CT molecular complexity index is 2580. The number of rotatable bonds is 18. The third-order valence-electron chi connectivity index (χ3n) is 11.0. The van der Waals surface area contributed by atoms with E-state index in [1.54, 1.807) is 56.7 Å². The van der Waals surface area contributed by atoms with E-state index in [0.717, 1.165) is 21.7 Å². The van der Waals surface area contributed by atoms with E-state index in [9.17, 15) is 29.1 Å². The lowest BCUT2D eigenvalue weighted by molar-refractivity contribution is -0.144. The molecule has 0 radical (unpaired) electrons. The van der Waals surface area contributed by atoms with Gasteiger partial charge in [0.2, 0.25) is 29.5 Å². The molecule has 4 heterocycles. The maximum Gasteiger partial charge on any atom is 0.246 e. The number of hydrogen-bond acceptors (Lipinski definition) is 14. The second-order valence-corrected chi connectivity index (χ2v) is 17.9. The molecule has 0 bridgehead atoms. The number of aliphatic hydroxyl groups is 1. The zero-order valence-electron chi connectivity index (χ0n) is 37.4. The van der Waals surface area contributed by atoms with E-state index in [4.69, 9.17) is 20.9 Å². The molecule has 9 N–H and O–H groups in total. The topological polar surface area (TPSA) is 266 Å². The molecule has 3 aromatic heterocycles. The Balaban J connectivity index is 0.889. The Hall–Kier alpha value is -6.61. The van der Waals surface area contributed by atoms with Crippen molar-refractivity contribution in [2.75, 3.05) is 56.3 Å². The molecule has 6 rings (SSSR count). The first-order chi connectivity index (χ1) is 31.4. The van der Waals surface area contributed by atoms with Crippen LogP contribution in [0.2, 0.25) is 0 Å². The Morgan fingerprint density at radius 1 is 0.939 bits per heavy atom. The van der Waals surface area contributed by atoms with Crippen molar-refractivity contribution in [1.82, 2.24) is 35.8 Å². The van der Waals surface area contributed by atoms with E-state index in [0.29, 0.717) is 27.6 Å². The van der Waals surface area contributed by atoms with Gasteiger partial charge in [-0.15, -0.1) is 11.3 Å². The van der Waals surface area contributed by atoms with Gasteiger partial charge in [0.05, 0.1) is 53.0 Å². The molecule has 0 spiro atoms. The summed E-state index contributed by atoms with van der Waals surface area (Å²) in [6.45, 7) is 8.39. The monoisotopic (exact) mass is 926 g/mol.